The summed E-state index contributed by atoms with van der Waals surface area (Å²) in [5.74, 6) is 0.369. The van der Waals surface area contributed by atoms with E-state index in [1.807, 2.05) is 0 Å². The Kier molecular flexibility index (Phi) is 5.44. The third-order valence-electron chi connectivity index (χ3n) is 3.37. The SMILES string of the molecule is CC1CC(C)CC(NC(=O)NC(C)CC(=O)O)C1. The number of amides is 2. The molecule has 5 heteroatoms. The summed E-state index contributed by atoms with van der Waals surface area (Å²) in [6, 6.07) is -0.392. The van der Waals surface area contributed by atoms with Crippen LogP contribution in [0.2, 0.25) is 0 Å². The van der Waals surface area contributed by atoms with Crippen molar-refractivity contribution in [2.45, 2.75) is 58.5 Å². The predicted octanol–water partition coefficient (Wildman–Crippen LogP) is 1.97. The molecule has 18 heavy (non-hydrogen) atoms. The van der Waals surface area contributed by atoms with Gasteiger partial charge in [-0.05, 0) is 38.0 Å². The van der Waals surface area contributed by atoms with Gasteiger partial charge in [0.1, 0.15) is 0 Å². The Morgan fingerprint density at radius 3 is 2.28 bits per heavy atom. The molecule has 3 N–H and O–H groups in total. The fourth-order valence-corrected chi connectivity index (χ4v) is 2.83. The van der Waals surface area contributed by atoms with Gasteiger partial charge in [0.05, 0.1) is 6.42 Å². The van der Waals surface area contributed by atoms with Crippen molar-refractivity contribution in [1.29, 1.82) is 0 Å². The predicted molar refractivity (Wildman–Crippen MR) is 69.3 cm³/mol. The van der Waals surface area contributed by atoms with E-state index >= 15 is 0 Å². The molecule has 1 rings (SSSR count). The van der Waals surface area contributed by atoms with Gasteiger partial charge in [-0.3, -0.25) is 4.79 Å². The number of hydrogen-bond donors (Lipinski definition) is 3. The van der Waals surface area contributed by atoms with E-state index in [4.69, 9.17) is 5.11 Å². The molecule has 1 aliphatic rings. The van der Waals surface area contributed by atoms with Crippen LogP contribution in [0.15, 0.2) is 0 Å². The molecule has 0 bridgehead atoms. The van der Waals surface area contributed by atoms with Crippen molar-refractivity contribution >= 4 is 12.0 Å². The molecular formula is C13H24N2O3. The lowest BCUT2D eigenvalue weighted by atomic mass is 9.80. The summed E-state index contributed by atoms with van der Waals surface area (Å²) in [4.78, 5) is 22.2. The van der Waals surface area contributed by atoms with Crippen molar-refractivity contribution in [3.63, 3.8) is 0 Å². The fourth-order valence-electron chi connectivity index (χ4n) is 2.83. The van der Waals surface area contributed by atoms with Gasteiger partial charge in [0.2, 0.25) is 0 Å². The summed E-state index contributed by atoms with van der Waals surface area (Å²) in [5, 5.41) is 14.2. The Hall–Kier alpha value is -1.26. The highest BCUT2D eigenvalue weighted by Crippen LogP contribution is 2.28. The van der Waals surface area contributed by atoms with Crippen molar-refractivity contribution in [3.8, 4) is 0 Å². The Morgan fingerprint density at radius 1 is 1.22 bits per heavy atom. The maximum Gasteiger partial charge on any atom is 0.315 e. The molecule has 5 nitrogen and oxygen atoms in total. The molecule has 0 aromatic carbocycles. The lowest BCUT2D eigenvalue weighted by molar-refractivity contribution is -0.137. The van der Waals surface area contributed by atoms with Gasteiger partial charge in [0, 0.05) is 12.1 Å². The van der Waals surface area contributed by atoms with E-state index in [0.29, 0.717) is 11.8 Å². The zero-order valence-corrected chi connectivity index (χ0v) is 11.4. The molecule has 0 radical (unpaired) electrons. The van der Waals surface area contributed by atoms with Gasteiger partial charge >= 0.3 is 12.0 Å². The first-order valence-electron chi connectivity index (χ1n) is 6.65. The summed E-state index contributed by atoms with van der Waals surface area (Å²) in [5.41, 5.74) is 0. The van der Waals surface area contributed by atoms with Crippen LogP contribution in [0.3, 0.4) is 0 Å². The van der Waals surface area contributed by atoms with E-state index in [1.165, 1.54) is 6.42 Å². The second kappa shape index (κ2) is 6.61. The van der Waals surface area contributed by atoms with E-state index in [9.17, 15) is 9.59 Å². The van der Waals surface area contributed by atoms with Crippen molar-refractivity contribution in [2.24, 2.45) is 11.8 Å². The molecule has 1 aliphatic carbocycles. The largest absolute Gasteiger partial charge is 0.481 e. The number of hydrogen-bond acceptors (Lipinski definition) is 2. The Balaban J connectivity index is 2.33. The zero-order chi connectivity index (χ0) is 13.7. The number of rotatable bonds is 4. The highest BCUT2D eigenvalue weighted by atomic mass is 16.4. The van der Waals surface area contributed by atoms with Gasteiger partial charge in [-0.15, -0.1) is 0 Å². The highest BCUT2D eigenvalue weighted by Gasteiger charge is 2.25. The summed E-state index contributed by atoms with van der Waals surface area (Å²) in [6.45, 7) is 6.10. The quantitative estimate of drug-likeness (QED) is 0.719. The molecule has 0 heterocycles. The lowest BCUT2D eigenvalue weighted by Crippen LogP contribution is -2.48. The van der Waals surface area contributed by atoms with Crippen LogP contribution >= 0.6 is 0 Å². The van der Waals surface area contributed by atoms with Crippen LogP contribution < -0.4 is 10.6 Å². The third kappa shape index (κ3) is 5.38. The number of urea groups is 1. The van der Waals surface area contributed by atoms with Gasteiger partial charge < -0.3 is 15.7 Å². The molecule has 2 amide bonds. The van der Waals surface area contributed by atoms with Crippen molar-refractivity contribution < 1.29 is 14.7 Å². The first kappa shape index (κ1) is 14.8. The van der Waals surface area contributed by atoms with Crippen molar-refractivity contribution in [3.05, 3.63) is 0 Å². The standard InChI is InChI=1S/C13H24N2O3/c1-8-4-9(2)6-11(5-8)15-13(18)14-10(3)7-12(16)17/h8-11H,4-7H2,1-3H3,(H,16,17)(H2,14,15,18). The topological polar surface area (TPSA) is 78.4 Å². The first-order chi connectivity index (χ1) is 8.36. The molecule has 104 valence electrons. The number of carboxylic acids is 1. The molecule has 3 atom stereocenters. The van der Waals surface area contributed by atoms with Gasteiger partial charge in [-0.2, -0.15) is 0 Å². The van der Waals surface area contributed by atoms with Crippen LogP contribution in [0, 0.1) is 11.8 Å². The molecular weight excluding hydrogens is 232 g/mol. The second-order valence-electron chi connectivity index (χ2n) is 5.73. The van der Waals surface area contributed by atoms with Crippen molar-refractivity contribution in [2.75, 3.05) is 0 Å². The summed E-state index contributed by atoms with van der Waals surface area (Å²) in [6.07, 6.45) is 3.18. The Bertz CT molecular complexity index is 297. The Morgan fingerprint density at radius 2 is 1.78 bits per heavy atom. The van der Waals surface area contributed by atoms with Gasteiger partial charge in [-0.25, -0.2) is 4.79 Å². The van der Waals surface area contributed by atoms with E-state index in [2.05, 4.69) is 24.5 Å². The number of aliphatic carboxylic acids is 1. The van der Waals surface area contributed by atoms with E-state index in [-0.39, 0.29) is 24.5 Å². The molecule has 0 spiro atoms. The maximum absolute atomic E-state index is 11.7. The normalized spacial score (nSPS) is 29.4. The number of nitrogens with one attached hydrogen (secondary N) is 2. The molecule has 0 saturated heterocycles. The van der Waals surface area contributed by atoms with Gasteiger partial charge in [0.25, 0.3) is 0 Å². The molecule has 3 unspecified atom stereocenters. The molecule has 0 aliphatic heterocycles. The minimum absolute atomic E-state index is 0.0507. The van der Waals surface area contributed by atoms with E-state index < -0.39 is 5.97 Å². The van der Waals surface area contributed by atoms with Crippen molar-refractivity contribution in [1.82, 2.24) is 10.6 Å². The smallest absolute Gasteiger partial charge is 0.315 e. The number of carbonyl (C=O) groups is 2. The minimum atomic E-state index is -0.900. The first-order valence-corrected chi connectivity index (χ1v) is 6.65. The number of carbonyl (C=O) groups excluding carboxylic acids is 1. The van der Waals surface area contributed by atoms with Crippen LogP contribution in [0.5, 0.6) is 0 Å². The van der Waals surface area contributed by atoms with Crippen LogP contribution in [-0.4, -0.2) is 29.2 Å². The lowest BCUT2D eigenvalue weighted by Gasteiger charge is -2.32. The third-order valence-corrected chi connectivity index (χ3v) is 3.37. The zero-order valence-electron chi connectivity index (χ0n) is 11.4. The van der Waals surface area contributed by atoms with Gasteiger partial charge in [-0.1, -0.05) is 13.8 Å². The van der Waals surface area contributed by atoms with E-state index in [0.717, 1.165) is 12.8 Å². The fraction of sp³-hybridized carbons (Fsp3) is 0.846. The van der Waals surface area contributed by atoms with Gasteiger partial charge in [0.15, 0.2) is 0 Å². The Labute approximate surface area is 108 Å². The maximum atomic E-state index is 11.7. The van der Waals surface area contributed by atoms with Crippen LogP contribution in [0.4, 0.5) is 4.79 Å². The summed E-state index contributed by atoms with van der Waals surface area (Å²) >= 11 is 0. The molecule has 1 saturated carbocycles. The minimum Gasteiger partial charge on any atom is -0.481 e. The van der Waals surface area contributed by atoms with Crippen LogP contribution in [-0.2, 0) is 4.79 Å². The number of carboxylic acid groups (broad SMARTS) is 1. The summed E-state index contributed by atoms with van der Waals surface area (Å²) < 4.78 is 0. The van der Waals surface area contributed by atoms with Crippen LogP contribution in [0.25, 0.3) is 0 Å². The molecule has 0 aromatic rings. The second-order valence-corrected chi connectivity index (χ2v) is 5.73. The highest BCUT2D eigenvalue weighted by molar-refractivity contribution is 5.75. The molecule has 0 aromatic heterocycles. The summed E-state index contributed by atoms with van der Waals surface area (Å²) in [7, 11) is 0. The molecule has 1 fully saturated rings. The van der Waals surface area contributed by atoms with Crippen LogP contribution in [0.1, 0.15) is 46.5 Å². The van der Waals surface area contributed by atoms with E-state index in [1.54, 1.807) is 6.92 Å². The average molecular weight is 256 g/mol. The monoisotopic (exact) mass is 256 g/mol. The average Bonchev–Trinajstić information content (AvgIpc) is 2.12.